The maximum Gasteiger partial charge on any atom is 0.316 e. The van der Waals surface area contributed by atoms with Gasteiger partial charge in [0.05, 0.1) is 41.3 Å². The zero-order chi connectivity index (χ0) is 44.5. The molecule has 2 aromatic carbocycles. The van der Waals surface area contributed by atoms with Gasteiger partial charge in [0.25, 0.3) is 6.73 Å². The number of sulfonamides is 1. The first-order chi connectivity index (χ1) is 28.9. The first-order valence-corrected chi connectivity index (χ1v) is 22.5. The van der Waals surface area contributed by atoms with Gasteiger partial charge in [-0.25, -0.2) is 13.2 Å². The van der Waals surface area contributed by atoms with Gasteiger partial charge in [0.1, 0.15) is 29.7 Å². The van der Waals surface area contributed by atoms with Crippen LogP contribution in [0.3, 0.4) is 0 Å². The third kappa shape index (κ3) is 12.8. The van der Waals surface area contributed by atoms with Crippen molar-refractivity contribution in [2.75, 3.05) is 32.8 Å². The molecule has 2 fully saturated rings. The minimum absolute atomic E-state index is 0.00867. The Morgan fingerprint density at radius 1 is 0.984 bits per heavy atom. The van der Waals surface area contributed by atoms with Gasteiger partial charge in [0.2, 0.25) is 10.0 Å². The second kappa shape index (κ2) is 21.0. The van der Waals surface area contributed by atoms with Crippen LogP contribution < -0.4 is 19.9 Å². The standard InChI is InChI=1S/C43H59ClN4O12S/c1-5-48(20-9-8-19-45-41(55)46-23-35(50)38(52)39(53)36(51)25-49)61(56,57)30-14-15-34(44)28(22-30)26-59-43(17-18-43)33-24-47(27-58-40(54)42(2,3)4)21-16-31(33)32-10-6-7-11-37(32)60-29-12-13-29/h6-7,10-11,14-16,21-22,24,29,35-36,38-39,49-53H,5,8-9,12-13,17-20,23,25-27H2,1-4H3,(H-,45,46,55)/p+1/t35-,36+,38+,39+/m0/s1. The van der Waals surface area contributed by atoms with E-state index < -0.39 is 64.6 Å². The molecule has 0 spiro atoms. The molecule has 0 bridgehead atoms. The lowest BCUT2D eigenvalue weighted by Gasteiger charge is -2.25. The molecule has 1 aromatic heterocycles. The molecule has 61 heavy (non-hydrogen) atoms. The number of urea groups is 1. The summed E-state index contributed by atoms with van der Waals surface area (Å²) < 4.78 is 49.6. The van der Waals surface area contributed by atoms with Crippen molar-refractivity contribution in [3.8, 4) is 16.9 Å². The third-order valence-electron chi connectivity index (χ3n) is 10.6. The van der Waals surface area contributed by atoms with E-state index in [0.717, 1.165) is 35.3 Å². The summed E-state index contributed by atoms with van der Waals surface area (Å²) in [6, 6.07) is 13.7. The van der Waals surface area contributed by atoms with Crippen LogP contribution in [0.5, 0.6) is 5.75 Å². The summed E-state index contributed by atoms with van der Waals surface area (Å²) in [5.41, 5.74) is 1.80. The number of pyridine rings is 1. The van der Waals surface area contributed by atoms with Gasteiger partial charge in [-0.15, -0.1) is 0 Å². The van der Waals surface area contributed by atoms with Gasteiger partial charge in [-0.2, -0.15) is 8.87 Å². The second-order valence-corrected chi connectivity index (χ2v) is 18.9. The SMILES string of the molecule is CCN(CCCCNC(=O)NC[C@H](O)[C@@H](O)[C@H](O)[C@H](O)CO)S(=O)(=O)c1ccc(Cl)c(COC2(c3c[n+](COC(=O)C(C)(C)C)ccc3-c3ccccc3OC3CC3)CC2)c1. The summed E-state index contributed by atoms with van der Waals surface area (Å²) >= 11 is 6.67. The molecule has 3 aromatic rings. The predicted molar refractivity (Wildman–Crippen MR) is 225 cm³/mol. The van der Waals surface area contributed by atoms with Crippen LogP contribution in [-0.4, -0.2) is 114 Å². The fourth-order valence-electron chi connectivity index (χ4n) is 6.52. The van der Waals surface area contributed by atoms with Gasteiger partial charge < -0.3 is 50.4 Å². The Morgan fingerprint density at radius 2 is 1.69 bits per heavy atom. The zero-order valence-electron chi connectivity index (χ0n) is 35.1. The molecule has 16 nitrogen and oxygen atoms in total. The Morgan fingerprint density at radius 3 is 2.34 bits per heavy atom. The fourth-order valence-corrected chi connectivity index (χ4v) is 8.23. The largest absolute Gasteiger partial charge is 0.490 e. The average Bonchev–Trinajstić information content (AvgIpc) is 4.19. The Labute approximate surface area is 362 Å². The van der Waals surface area contributed by atoms with Crippen molar-refractivity contribution >= 4 is 33.6 Å². The van der Waals surface area contributed by atoms with Crippen molar-refractivity contribution in [1.82, 2.24) is 14.9 Å². The number of carbonyl (C=O) groups is 2. The average molecular weight is 892 g/mol. The Bertz CT molecular complexity index is 2080. The number of esters is 1. The van der Waals surface area contributed by atoms with Crippen molar-refractivity contribution in [2.45, 2.75) is 121 Å². The predicted octanol–water partition coefficient (Wildman–Crippen LogP) is 3.11. The molecular formula is C43H60ClN4O12S+. The minimum Gasteiger partial charge on any atom is -0.490 e. The fraction of sp³-hybridized carbons (Fsp3) is 0.558. The summed E-state index contributed by atoms with van der Waals surface area (Å²) in [7, 11) is -3.95. The summed E-state index contributed by atoms with van der Waals surface area (Å²) in [4.78, 5) is 24.9. The number of unbranched alkanes of at least 4 members (excludes halogenated alkanes) is 1. The highest BCUT2D eigenvalue weighted by Gasteiger charge is 2.49. The minimum atomic E-state index is -3.95. The molecule has 1 heterocycles. The van der Waals surface area contributed by atoms with Crippen LogP contribution >= 0.6 is 11.6 Å². The van der Waals surface area contributed by atoms with E-state index in [9.17, 15) is 38.4 Å². The highest BCUT2D eigenvalue weighted by atomic mass is 35.5. The number of benzene rings is 2. The number of aliphatic hydroxyl groups excluding tert-OH is 5. The quantitative estimate of drug-likeness (QED) is 0.0414. The molecule has 0 radical (unpaired) electrons. The van der Waals surface area contributed by atoms with Crippen LogP contribution in [0, 0.1) is 5.41 Å². The van der Waals surface area contributed by atoms with Gasteiger partial charge in [-0.05, 0) is 89.1 Å². The van der Waals surface area contributed by atoms with Gasteiger partial charge in [0, 0.05) is 48.4 Å². The maximum atomic E-state index is 13.9. The second-order valence-electron chi connectivity index (χ2n) is 16.6. The third-order valence-corrected chi connectivity index (χ3v) is 12.9. The van der Waals surface area contributed by atoms with Crippen LogP contribution in [0.1, 0.15) is 77.3 Å². The van der Waals surface area contributed by atoms with E-state index in [1.165, 1.54) is 16.4 Å². The molecule has 4 atom stereocenters. The van der Waals surface area contributed by atoms with E-state index in [-0.39, 0.29) is 49.9 Å². The van der Waals surface area contributed by atoms with Gasteiger partial charge in [-0.1, -0.05) is 36.7 Å². The van der Waals surface area contributed by atoms with Gasteiger partial charge in [0.15, 0.2) is 12.4 Å². The number of hydrogen-bond donors (Lipinski definition) is 7. The molecule has 0 aliphatic heterocycles. The van der Waals surface area contributed by atoms with Crippen molar-refractivity contribution in [3.05, 3.63) is 77.1 Å². The monoisotopic (exact) mass is 891 g/mol. The number of ether oxygens (including phenoxy) is 3. The number of nitrogens with one attached hydrogen (secondary N) is 2. The first-order valence-electron chi connectivity index (χ1n) is 20.6. The van der Waals surface area contributed by atoms with Gasteiger partial charge in [-0.3, -0.25) is 4.79 Å². The lowest BCUT2D eigenvalue weighted by atomic mass is 9.96. The highest BCUT2D eigenvalue weighted by Crippen LogP contribution is 2.53. The van der Waals surface area contributed by atoms with Crippen LogP contribution in [0.25, 0.3) is 11.1 Å². The number of hydrogen-bond acceptors (Lipinski definition) is 12. The van der Waals surface area contributed by atoms with Crippen LogP contribution in [-0.2, 0) is 43.2 Å². The molecule has 336 valence electrons. The topological polar surface area (TPSA) is 228 Å². The number of para-hydroxylation sites is 1. The van der Waals surface area contributed by atoms with E-state index >= 15 is 0 Å². The van der Waals surface area contributed by atoms with Crippen molar-refractivity contribution in [3.63, 3.8) is 0 Å². The molecule has 0 saturated heterocycles. The van der Waals surface area contributed by atoms with Crippen molar-refractivity contribution in [2.24, 2.45) is 5.41 Å². The van der Waals surface area contributed by atoms with E-state index in [0.29, 0.717) is 36.3 Å². The van der Waals surface area contributed by atoms with E-state index in [1.807, 2.05) is 47.3 Å². The molecule has 2 amide bonds. The van der Waals surface area contributed by atoms with Crippen molar-refractivity contribution < 1.29 is 62.3 Å². The number of carbonyl (C=O) groups excluding carboxylic acids is 2. The van der Waals surface area contributed by atoms with Crippen LogP contribution in [0.4, 0.5) is 4.79 Å². The van der Waals surface area contributed by atoms with Gasteiger partial charge >= 0.3 is 12.0 Å². The van der Waals surface area contributed by atoms with Crippen LogP contribution in [0.15, 0.2) is 65.8 Å². The lowest BCUT2D eigenvalue weighted by Crippen LogP contribution is -2.50. The van der Waals surface area contributed by atoms with Crippen molar-refractivity contribution in [1.29, 1.82) is 0 Å². The summed E-state index contributed by atoms with van der Waals surface area (Å²) in [5.74, 6) is 0.441. The first kappa shape index (κ1) is 48.1. The molecule has 2 saturated carbocycles. The number of halogens is 1. The molecule has 7 N–H and O–H groups in total. The molecular weight excluding hydrogens is 832 g/mol. The van der Waals surface area contributed by atoms with Crippen LogP contribution in [0.2, 0.25) is 5.02 Å². The number of rotatable bonds is 23. The molecule has 0 unspecified atom stereocenters. The normalized spacial score (nSPS) is 17.0. The molecule has 5 rings (SSSR count). The Hall–Kier alpha value is -3.91. The zero-order valence-corrected chi connectivity index (χ0v) is 36.7. The number of nitrogens with zero attached hydrogens (tertiary/aromatic N) is 2. The highest BCUT2D eigenvalue weighted by molar-refractivity contribution is 7.89. The number of aromatic nitrogens is 1. The van der Waals surface area contributed by atoms with E-state index in [1.54, 1.807) is 33.8 Å². The maximum absolute atomic E-state index is 13.9. The molecule has 18 heteroatoms. The number of amides is 2. The van der Waals surface area contributed by atoms with E-state index in [4.69, 9.17) is 30.9 Å². The molecule has 2 aliphatic rings. The van der Waals surface area contributed by atoms with E-state index in [2.05, 4.69) is 10.6 Å². The smallest absolute Gasteiger partial charge is 0.316 e. The lowest BCUT2D eigenvalue weighted by molar-refractivity contribution is -0.728. The number of aliphatic hydroxyl groups is 5. The summed E-state index contributed by atoms with van der Waals surface area (Å²) in [6.45, 7) is 6.45. The summed E-state index contributed by atoms with van der Waals surface area (Å²) in [5, 5.41) is 53.3. The molecule has 2 aliphatic carbocycles. The summed E-state index contributed by atoms with van der Waals surface area (Å²) in [6.07, 6.45) is 1.32. The Balaban J connectivity index is 1.23. The Kier molecular flexibility index (Phi) is 16.5.